The molecule has 0 bridgehead atoms. The number of benzene rings is 1. The molecule has 0 aliphatic carbocycles. The van der Waals surface area contributed by atoms with Gasteiger partial charge in [0.1, 0.15) is 17.4 Å². The summed E-state index contributed by atoms with van der Waals surface area (Å²) in [6.07, 6.45) is 2.14. The van der Waals surface area contributed by atoms with Crippen LogP contribution in [0.3, 0.4) is 0 Å². The highest BCUT2D eigenvalue weighted by Crippen LogP contribution is 2.36. The van der Waals surface area contributed by atoms with E-state index in [1.807, 2.05) is 6.07 Å². The third kappa shape index (κ3) is 3.88. The topological polar surface area (TPSA) is 127 Å². The molecule has 0 saturated carbocycles. The van der Waals surface area contributed by atoms with Crippen LogP contribution in [0.25, 0.3) is 22.3 Å². The number of carbonyl (C=O) groups is 1. The summed E-state index contributed by atoms with van der Waals surface area (Å²) in [6, 6.07) is 6.57. The van der Waals surface area contributed by atoms with Gasteiger partial charge in [0, 0.05) is 23.2 Å². The van der Waals surface area contributed by atoms with Gasteiger partial charge in [0.2, 0.25) is 0 Å². The molecule has 0 aliphatic heterocycles. The summed E-state index contributed by atoms with van der Waals surface area (Å²) in [5, 5.41) is 23.4. The highest BCUT2D eigenvalue weighted by molar-refractivity contribution is 6.05. The first-order chi connectivity index (χ1) is 17.3. The number of fused-ring (bicyclic) bond motifs is 1. The van der Waals surface area contributed by atoms with Crippen molar-refractivity contribution in [3.05, 3.63) is 84.1 Å². The van der Waals surface area contributed by atoms with Crippen LogP contribution in [0.15, 0.2) is 61.4 Å². The van der Waals surface area contributed by atoms with Crippen LogP contribution in [0.4, 0.5) is 23.2 Å². The first-order valence-electron chi connectivity index (χ1n) is 10.0. The van der Waals surface area contributed by atoms with Crippen LogP contribution in [-0.4, -0.2) is 40.6 Å². The maximum atomic E-state index is 14.2. The third-order valence-corrected chi connectivity index (χ3v) is 5.11. The SMILES string of the molecule is N#Cc1cc(NC(=O)c2cnn(-c3ccc(F)c4cnccc34)c2C(F)(F)F)cnc1-n1nccn1. The van der Waals surface area contributed by atoms with Crippen LogP contribution in [0.1, 0.15) is 21.6 Å². The Labute approximate surface area is 198 Å². The van der Waals surface area contributed by atoms with Gasteiger partial charge in [0.05, 0.1) is 41.7 Å². The molecule has 14 heteroatoms. The van der Waals surface area contributed by atoms with Crippen molar-refractivity contribution in [3.63, 3.8) is 0 Å². The highest BCUT2D eigenvalue weighted by Gasteiger charge is 2.41. The summed E-state index contributed by atoms with van der Waals surface area (Å²) in [5.74, 6) is -1.74. The smallest absolute Gasteiger partial charge is 0.320 e. The minimum absolute atomic E-state index is 0.00788. The van der Waals surface area contributed by atoms with Crippen molar-refractivity contribution in [2.45, 2.75) is 6.18 Å². The molecule has 0 unspecified atom stereocenters. The number of amides is 1. The van der Waals surface area contributed by atoms with Gasteiger partial charge >= 0.3 is 6.18 Å². The summed E-state index contributed by atoms with van der Waals surface area (Å²) < 4.78 is 57.1. The summed E-state index contributed by atoms with van der Waals surface area (Å²) in [4.78, 5) is 21.8. The van der Waals surface area contributed by atoms with E-state index >= 15 is 0 Å². The van der Waals surface area contributed by atoms with E-state index in [0.29, 0.717) is 4.68 Å². The molecule has 4 heterocycles. The van der Waals surface area contributed by atoms with E-state index in [9.17, 15) is 27.6 Å². The zero-order chi connectivity index (χ0) is 25.4. The second-order valence-corrected chi connectivity index (χ2v) is 7.28. The Balaban J connectivity index is 1.55. The zero-order valence-corrected chi connectivity index (χ0v) is 17.8. The van der Waals surface area contributed by atoms with Gasteiger partial charge in [-0.1, -0.05) is 0 Å². The summed E-state index contributed by atoms with van der Waals surface area (Å²) >= 11 is 0. The quantitative estimate of drug-likeness (QED) is 0.379. The molecular weight excluding hydrogens is 482 g/mol. The lowest BCUT2D eigenvalue weighted by atomic mass is 10.1. The molecule has 1 N–H and O–H groups in total. The molecule has 5 aromatic rings. The van der Waals surface area contributed by atoms with Crippen molar-refractivity contribution in [2.75, 3.05) is 5.32 Å². The molecule has 1 amide bonds. The average Bonchev–Trinajstić information content (AvgIpc) is 3.55. The van der Waals surface area contributed by atoms with Crippen molar-refractivity contribution in [3.8, 4) is 17.6 Å². The third-order valence-electron chi connectivity index (χ3n) is 5.11. The molecule has 0 spiro atoms. The summed E-state index contributed by atoms with van der Waals surface area (Å²) in [6.45, 7) is 0. The largest absolute Gasteiger partial charge is 0.434 e. The second-order valence-electron chi connectivity index (χ2n) is 7.28. The number of hydrogen-bond acceptors (Lipinski definition) is 7. The lowest BCUT2D eigenvalue weighted by Crippen LogP contribution is -2.21. The predicted octanol–water partition coefficient (Wildman–Crippen LogP) is 3.68. The number of rotatable bonds is 4. The number of carbonyl (C=O) groups excluding carboxylic acids is 1. The van der Waals surface area contributed by atoms with Crippen LogP contribution >= 0.6 is 0 Å². The Morgan fingerprint density at radius 2 is 1.78 bits per heavy atom. The van der Waals surface area contributed by atoms with Crippen molar-refractivity contribution in [2.24, 2.45) is 0 Å². The minimum Gasteiger partial charge on any atom is -0.320 e. The van der Waals surface area contributed by atoms with Crippen LogP contribution in [-0.2, 0) is 6.18 Å². The fraction of sp³-hybridized carbons (Fsp3) is 0.0455. The lowest BCUT2D eigenvalue weighted by Gasteiger charge is -2.14. The predicted molar refractivity (Wildman–Crippen MR) is 116 cm³/mol. The van der Waals surface area contributed by atoms with Crippen molar-refractivity contribution >= 4 is 22.4 Å². The van der Waals surface area contributed by atoms with Gasteiger partial charge in [0.25, 0.3) is 5.91 Å². The van der Waals surface area contributed by atoms with E-state index in [2.05, 4.69) is 30.6 Å². The molecule has 0 fully saturated rings. The van der Waals surface area contributed by atoms with E-state index in [4.69, 9.17) is 0 Å². The molecule has 36 heavy (non-hydrogen) atoms. The van der Waals surface area contributed by atoms with Gasteiger partial charge in [-0.05, 0) is 24.3 Å². The van der Waals surface area contributed by atoms with Crippen LogP contribution < -0.4 is 5.32 Å². The summed E-state index contributed by atoms with van der Waals surface area (Å²) in [7, 11) is 0. The Morgan fingerprint density at radius 1 is 1.00 bits per heavy atom. The van der Waals surface area contributed by atoms with E-state index in [0.717, 1.165) is 29.3 Å². The average molecular weight is 493 g/mol. The van der Waals surface area contributed by atoms with Crippen molar-refractivity contribution in [1.82, 2.24) is 34.7 Å². The van der Waals surface area contributed by atoms with E-state index in [1.165, 1.54) is 36.9 Å². The zero-order valence-electron chi connectivity index (χ0n) is 17.8. The van der Waals surface area contributed by atoms with Gasteiger partial charge < -0.3 is 5.32 Å². The Kier molecular flexibility index (Phi) is 5.36. The maximum Gasteiger partial charge on any atom is 0.434 e. The van der Waals surface area contributed by atoms with Gasteiger partial charge in [-0.3, -0.25) is 9.78 Å². The number of aromatic nitrogens is 7. The second kappa shape index (κ2) is 8.55. The van der Waals surface area contributed by atoms with Crippen molar-refractivity contribution < 1.29 is 22.4 Å². The Bertz CT molecular complexity index is 1650. The first kappa shape index (κ1) is 22.6. The van der Waals surface area contributed by atoms with Gasteiger partial charge in [-0.2, -0.15) is 33.7 Å². The van der Waals surface area contributed by atoms with Crippen LogP contribution in [0.2, 0.25) is 0 Å². The van der Waals surface area contributed by atoms with Gasteiger partial charge in [-0.15, -0.1) is 4.80 Å². The van der Waals surface area contributed by atoms with Gasteiger partial charge in [0.15, 0.2) is 11.5 Å². The number of nitriles is 1. The molecule has 178 valence electrons. The summed E-state index contributed by atoms with van der Waals surface area (Å²) in [5.41, 5.74) is -2.31. The van der Waals surface area contributed by atoms with Crippen LogP contribution in [0.5, 0.6) is 0 Å². The number of alkyl halides is 3. The number of nitrogens with zero attached hydrogens (tertiary/aromatic N) is 8. The lowest BCUT2D eigenvalue weighted by molar-refractivity contribution is -0.143. The van der Waals surface area contributed by atoms with Gasteiger partial charge in [-0.25, -0.2) is 14.1 Å². The van der Waals surface area contributed by atoms with E-state index in [1.54, 1.807) is 0 Å². The van der Waals surface area contributed by atoms with Crippen LogP contribution in [0, 0.1) is 17.1 Å². The van der Waals surface area contributed by atoms with E-state index < -0.39 is 29.2 Å². The maximum absolute atomic E-state index is 14.2. The number of halogens is 4. The number of pyridine rings is 2. The monoisotopic (exact) mass is 493 g/mol. The normalized spacial score (nSPS) is 11.4. The molecule has 0 saturated heterocycles. The number of anilines is 1. The molecule has 1 aromatic carbocycles. The Hall–Kier alpha value is -5.19. The standard InChI is InChI=1S/C22H11F4N9O/c23-17-1-2-18(14-3-4-28-10-15(14)17)34-19(22(24,25)26)16(11-32-34)21(36)33-13-7-12(8-27)20(29-9-13)35-30-5-6-31-35/h1-7,9-11H,(H,33,36). The highest BCUT2D eigenvalue weighted by atomic mass is 19.4. The fourth-order valence-electron chi connectivity index (χ4n) is 3.59. The molecule has 5 rings (SSSR count). The number of nitrogens with one attached hydrogen (secondary N) is 1. The number of hydrogen-bond donors (Lipinski definition) is 1. The van der Waals surface area contributed by atoms with Crippen molar-refractivity contribution in [1.29, 1.82) is 5.26 Å². The molecule has 10 nitrogen and oxygen atoms in total. The molecule has 0 atom stereocenters. The molecule has 0 radical (unpaired) electrons. The molecule has 0 aliphatic rings. The fourth-order valence-corrected chi connectivity index (χ4v) is 3.59. The molecule has 4 aromatic heterocycles. The minimum atomic E-state index is -5.00. The Morgan fingerprint density at radius 3 is 2.50 bits per heavy atom. The first-order valence-corrected chi connectivity index (χ1v) is 10.0. The molecular formula is C22H11F4N9O. The van der Waals surface area contributed by atoms with E-state index in [-0.39, 0.29) is 33.5 Å².